The predicted octanol–water partition coefficient (Wildman–Crippen LogP) is 3.63. The third kappa shape index (κ3) is 3.55. The molecule has 0 fully saturated rings. The molecule has 2 aromatic heterocycles. The highest BCUT2D eigenvalue weighted by Crippen LogP contribution is 2.25. The fourth-order valence-corrected chi connectivity index (χ4v) is 2.93. The van der Waals surface area contributed by atoms with Crippen molar-refractivity contribution in [1.82, 2.24) is 25.2 Å². The van der Waals surface area contributed by atoms with E-state index >= 15 is 0 Å². The van der Waals surface area contributed by atoms with Gasteiger partial charge in [-0.1, -0.05) is 41.6 Å². The lowest BCUT2D eigenvalue weighted by molar-refractivity contribution is 0.0932. The average molecular weight is 373 g/mol. The highest BCUT2D eigenvalue weighted by atomic mass is 16.5. The fraction of sp³-hybridized carbons (Fsp3) is 0.143. The van der Waals surface area contributed by atoms with Crippen molar-refractivity contribution in [2.75, 3.05) is 0 Å². The van der Waals surface area contributed by atoms with Crippen molar-refractivity contribution in [1.29, 1.82) is 0 Å². The van der Waals surface area contributed by atoms with Crippen LogP contribution in [0.1, 0.15) is 29.2 Å². The van der Waals surface area contributed by atoms with Gasteiger partial charge in [0.2, 0.25) is 11.7 Å². The largest absolute Gasteiger partial charge is 0.341 e. The number of carbonyl (C=O) groups excluding carboxylic acids is 1. The van der Waals surface area contributed by atoms with E-state index in [0.29, 0.717) is 17.3 Å². The van der Waals surface area contributed by atoms with Crippen molar-refractivity contribution in [3.8, 4) is 22.6 Å². The molecule has 0 bridgehead atoms. The highest BCUT2D eigenvalue weighted by Gasteiger charge is 2.18. The molecule has 7 nitrogen and oxygen atoms in total. The van der Waals surface area contributed by atoms with Gasteiger partial charge < -0.3 is 9.84 Å². The van der Waals surface area contributed by atoms with Crippen LogP contribution in [0, 0.1) is 0 Å². The van der Waals surface area contributed by atoms with E-state index in [-0.39, 0.29) is 5.91 Å². The first kappa shape index (κ1) is 17.7. The Morgan fingerprint density at radius 2 is 1.86 bits per heavy atom. The van der Waals surface area contributed by atoms with Crippen LogP contribution >= 0.6 is 0 Å². The van der Waals surface area contributed by atoms with Crippen molar-refractivity contribution in [2.45, 2.75) is 13.0 Å². The molecule has 1 amide bonds. The summed E-state index contributed by atoms with van der Waals surface area (Å²) in [5.74, 6) is 0.635. The lowest BCUT2D eigenvalue weighted by Crippen LogP contribution is -2.26. The second-order valence-corrected chi connectivity index (χ2v) is 6.44. The van der Waals surface area contributed by atoms with E-state index in [0.717, 1.165) is 16.8 Å². The van der Waals surface area contributed by atoms with E-state index in [9.17, 15) is 4.79 Å². The molecular formula is C21H19N5O2. The SMILES string of the molecule is C[C@@H](NC(=O)c1ccccc1)c1nc(-c2cccc(-c3ccnn3C)c2)no1. The minimum Gasteiger partial charge on any atom is -0.341 e. The molecule has 0 aliphatic carbocycles. The Kier molecular flexibility index (Phi) is 4.72. The lowest BCUT2D eigenvalue weighted by atomic mass is 10.1. The molecule has 7 heteroatoms. The Morgan fingerprint density at radius 3 is 2.61 bits per heavy atom. The highest BCUT2D eigenvalue weighted by molar-refractivity contribution is 5.94. The van der Waals surface area contributed by atoms with E-state index in [1.807, 2.05) is 67.2 Å². The average Bonchev–Trinajstić information content (AvgIpc) is 3.38. The number of hydrogen-bond acceptors (Lipinski definition) is 5. The molecule has 0 saturated heterocycles. The van der Waals surface area contributed by atoms with Crippen molar-refractivity contribution >= 4 is 5.91 Å². The molecule has 1 N–H and O–H groups in total. The number of rotatable bonds is 5. The lowest BCUT2D eigenvalue weighted by Gasteiger charge is -2.09. The van der Waals surface area contributed by atoms with E-state index in [2.05, 4.69) is 20.6 Å². The number of benzene rings is 2. The van der Waals surface area contributed by atoms with Gasteiger partial charge in [0.1, 0.15) is 6.04 Å². The summed E-state index contributed by atoms with van der Waals surface area (Å²) in [7, 11) is 1.89. The summed E-state index contributed by atoms with van der Waals surface area (Å²) in [5, 5.41) is 11.1. The molecule has 0 saturated carbocycles. The normalized spacial score (nSPS) is 11.9. The molecule has 0 spiro atoms. The Morgan fingerprint density at radius 1 is 1.07 bits per heavy atom. The number of aromatic nitrogens is 4. The van der Waals surface area contributed by atoms with Crippen molar-refractivity contribution in [2.24, 2.45) is 7.05 Å². The molecule has 0 radical (unpaired) electrons. The minimum absolute atomic E-state index is 0.189. The fourth-order valence-electron chi connectivity index (χ4n) is 2.93. The zero-order chi connectivity index (χ0) is 19.5. The summed E-state index contributed by atoms with van der Waals surface area (Å²) in [6.45, 7) is 1.81. The first-order valence-corrected chi connectivity index (χ1v) is 8.90. The van der Waals surface area contributed by atoms with Crippen molar-refractivity contribution < 1.29 is 9.32 Å². The maximum atomic E-state index is 12.3. The second kappa shape index (κ2) is 7.48. The Hall–Kier alpha value is -3.74. The number of nitrogens with one attached hydrogen (secondary N) is 1. The second-order valence-electron chi connectivity index (χ2n) is 6.44. The van der Waals surface area contributed by atoms with Crippen LogP contribution in [0.3, 0.4) is 0 Å². The van der Waals surface area contributed by atoms with Crippen molar-refractivity contribution in [3.63, 3.8) is 0 Å². The molecule has 0 unspecified atom stereocenters. The van der Waals surface area contributed by atoms with E-state index in [1.54, 1.807) is 18.3 Å². The van der Waals surface area contributed by atoms with Gasteiger partial charge in [0.15, 0.2) is 0 Å². The number of aryl methyl sites for hydroxylation is 1. The molecule has 2 aromatic carbocycles. The van der Waals surface area contributed by atoms with Gasteiger partial charge in [0.25, 0.3) is 5.91 Å². The smallest absolute Gasteiger partial charge is 0.251 e. The third-order valence-corrected chi connectivity index (χ3v) is 4.43. The van der Waals surface area contributed by atoms with Gasteiger partial charge >= 0.3 is 0 Å². The standard InChI is InChI=1S/C21H19N5O2/c1-14(23-20(27)15-7-4-3-5-8-15)21-24-19(25-28-21)17-10-6-9-16(13-17)18-11-12-22-26(18)2/h3-14H,1-2H3,(H,23,27)/t14-/m1/s1. The quantitative estimate of drug-likeness (QED) is 0.577. The molecule has 1 atom stereocenters. The Bertz CT molecular complexity index is 1100. The van der Waals surface area contributed by atoms with Gasteiger partial charge in [-0.3, -0.25) is 9.48 Å². The van der Waals surface area contributed by atoms with Gasteiger partial charge in [-0.2, -0.15) is 10.1 Å². The molecule has 0 aliphatic heterocycles. The predicted molar refractivity (Wildman–Crippen MR) is 104 cm³/mol. The number of carbonyl (C=O) groups is 1. The minimum atomic E-state index is -0.408. The van der Waals surface area contributed by atoms with Gasteiger partial charge in [-0.05, 0) is 31.2 Å². The van der Waals surface area contributed by atoms with Crippen LogP contribution in [-0.4, -0.2) is 25.8 Å². The molecule has 4 aromatic rings. The van der Waals surface area contributed by atoms with Crippen LogP contribution in [0.15, 0.2) is 71.4 Å². The molecule has 140 valence electrons. The zero-order valence-electron chi connectivity index (χ0n) is 15.5. The van der Waals surface area contributed by atoms with Gasteiger partial charge in [-0.25, -0.2) is 0 Å². The number of hydrogen-bond donors (Lipinski definition) is 1. The molecule has 28 heavy (non-hydrogen) atoms. The van der Waals surface area contributed by atoms with Crippen LogP contribution in [0.4, 0.5) is 0 Å². The summed E-state index contributed by atoms with van der Waals surface area (Å²) in [6, 6.07) is 18.4. The van der Waals surface area contributed by atoms with Crippen LogP contribution in [0.5, 0.6) is 0 Å². The van der Waals surface area contributed by atoms with Gasteiger partial charge in [0.05, 0.1) is 5.69 Å². The summed E-state index contributed by atoms with van der Waals surface area (Å²) in [6.07, 6.45) is 1.76. The topological polar surface area (TPSA) is 85.8 Å². The Balaban J connectivity index is 1.53. The summed E-state index contributed by atoms with van der Waals surface area (Å²) >= 11 is 0. The molecule has 0 aliphatic rings. The monoisotopic (exact) mass is 373 g/mol. The summed E-state index contributed by atoms with van der Waals surface area (Å²) in [5.41, 5.74) is 3.41. The summed E-state index contributed by atoms with van der Waals surface area (Å²) < 4.78 is 7.19. The van der Waals surface area contributed by atoms with E-state index in [4.69, 9.17) is 4.52 Å². The van der Waals surface area contributed by atoms with Gasteiger partial charge in [0, 0.05) is 29.9 Å². The maximum absolute atomic E-state index is 12.3. The zero-order valence-corrected chi connectivity index (χ0v) is 15.5. The first-order valence-electron chi connectivity index (χ1n) is 8.90. The Labute approximate surface area is 162 Å². The molecule has 4 rings (SSSR count). The number of nitrogens with zero attached hydrogens (tertiary/aromatic N) is 4. The van der Waals surface area contributed by atoms with Crippen molar-refractivity contribution in [3.05, 3.63) is 78.3 Å². The van der Waals surface area contributed by atoms with Crippen LogP contribution in [0.25, 0.3) is 22.6 Å². The third-order valence-electron chi connectivity index (χ3n) is 4.43. The maximum Gasteiger partial charge on any atom is 0.251 e. The molecular weight excluding hydrogens is 354 g/mol. The van der Waals surface area contributed by atoms with Crippen LogP contribution in [-0.2, 0) is 7.05 Å². The molecule has 2 heterocycles. The van der Waals surface area contributed by atoms with Crippen LogP contribution in [0.2, 0.25) is 0 Å². The van der Waals surface area contributed by atoms with Crippen LogP contribution < -0.4 is 5.32 Å². The first-order chi connectivity index (χ1) is 13.6. The number of amides is 1. The summed E-state index contributed by atoms with van der Waals surface area (Å²) in [4.78, 5) is 16.8. The van der Waals surface area contributed by atoms with Gasteiger partial charge in [-0.15, -0.1) is 0 Å². The van der Waals surface area contributed by atoms with E-state index < -0.39 is 6.04 Å². The van der Waals surface area contributed by atoms with E-state index in [1.165, 1.54) is 0 Å².